The molecule has 0 aromatic rings. The van der Waals surface area contributed by atoms with Crippen molar-refractivity contribution in [2.45, 2.75) is 77.7 Å². The average Bonchev–Trinajstić information content (AvgIpc) is 2.75. The summed E-state index contributed by atoms with van der Waals surface area (Å²) in [5.74, 6) is 2.44. The topological polar surface area (TPSA) is 32.7 Å². The van der Waals surface area contributed by atoms with Gasteiger partial charge < -0.3 is 14.7 Å². The molecule has 0 aromatic heterocycles. The third kappa shape index (κ3) is 4.98. The molecule has 1 fully saturated rings. The van der Waals surface area contributed by atoms with Crippen molar-refractivity contribution in [1.29, 1.82) is 0 Å². The molecule has 3 nitrogen and oxygen atoms in total. The zero-order valence-electron chi connectivity index (χ0n) is 18.6. The molecule has 0 spiro atoms. The van der Waals surface area contributed by atoms with Crippen LogP contribution in [0.5, 0.6) is 0 Å². The van der Waals surface area contributed by atoms with Gasteiger partial charge >= 0.3 is 0 Å². The standard InChI is InChI=1S/C24H43NO2/c1-7-11-22-20(18-25(4)5)12-8-9-15-24(22,26)23(16-19(2)3)14-10-13-21(17-23)27-6/h10,13-14,19-20,22,26H,7-9,11-12,15-18H2,1-6H3/t20-,22?,23?,24-/m1/s1. The molecule has 1 N–H and O–H groups in total. The molecule has 0 heterocycles. The highest BCUT2D eigenvalue weighted by Gasteiger charge is 2.55. The fourth-order valence-corrected chi connectivity index (χ4v) is 5.92. The lowest BCUT2D eigenvalue weighted by molar-refractivity contribution is -0.138. The van der Waals surface area contributed by atoms with E-state index in [1.54, 1.807) is 7.11 Å². The Labute approximate surface area is 167 Å². The van der Waals surface area contributed by atoms with E-state index in [9.17, 15) is 5.11 Å². The minimum Gasteiger partial charge on any atom is -0.501 e. The molecule has 0 aliphatic heterocycles. The van der Waals surface area contributed by atoms with Gasteiger partial charge in [0.05, 0.1) is 18.5 Å². The summed E-state index contributed by atoms with van der Waals surface area (Å²) in [6.07, 6.45) is 15.1. The molecule has 2 unspecified atom stereocenters. The van der Waals surface area contributed by atoms with Crippen molar-refractivity contribution in [2.75, 3.05) is 27.7 Å². The maximum atomic E-state index is 12.5. The summed E-state index contributed by atoms with van der Waals surface area (Å²) in [6, 6.07) is 0. The van der Waals surface area contributed by atoms with Gasteiger partial charge in [-0.1, -0.05) is 52.2 Å². The Morgan fingerprint density at radius 1 is 1.30 bits per heavy atom. The lowest BCUT2D eigenvalue weighted by atomic mass is 9.55. The van der Waals surface area contributed by atoms with E-state index in [0.717, 1.165) is 50.8 Å². The van der Waals surface area contributed by atoms with Crippen molar-refractivity contribution in [3.63, 3.8) is 0 Å². The second-order valence-electron chi connectivity index (χ2n) is 9.71. The lowest BCUT2D eigenvalue weighted by Crippen LogP contribution is -2.56. The summed E-state index contributed by atoms with van der Waals surface area (Å²) in [6.45, 7) is 7.91. The summed E-state index contributed by atoms with van der Waals surface area (Å²) in [5, 5.41) is 12.5. The molecule has 0 saturated heterocycles. The number of allylic oxidation sites excluding steroid dienone is 3. The summed E-state index contributed by atoms with van der Waals surface area (Å²) in [5.41, 5.74) is -0.894. The first kappa shape index (κ1) is 22.5. The van der Waals surface area contributed by atoms with Crippen molar-refractivity contribution in [3.8, 4) is 0 Å². The Hall–Kier alpha value is -0.800. The van der Waals surface area contributed by atoms with Crippen LogP contribution in [-0.4, -0.2) is 43.4 Å². The first-order chi connectivity index (χ1) is 12.8. The maximum Gasteiger partial charge on any atom is 0.0965 e. The van der Waals surface area contributed by atoms with Crippen molar-refractivity contribution in [1.82, 2.24) is 4.90 Å². The number of hydrogen-bond acceptors (Lipinski definition) is 3. The van der Waals surface area contributed by atoms with Gasteiger partial charge in [-0.15, -0.1) is 0 Å². The van der Waals surface area contributed by atoms with Crippen LogP contribution in [0.3, 0.4) is 0 Å². The second-order valence-corrected chi connectivity index (χ2v) is 9.71. The predicted octanol–water partition coefficient (Wildman–Crippen LogP) is 5.41. The highest BCUT2D eigenvalue weighted by Crippen LogP contribution is 2.56. The minimum atomic E-state index is -0.668. The first-order valence-corrected chi connectivity index (χ1v) is 11.1. The lowest BCUT2D eigenvalue weighted by Gasteiger charge is -2.53. The molecule has 2 aliphatic carbocycles. The Morgan fingerprint density at radius 2 is 2.04 bits per heavy atom. The number of aliphatic hydroxyl groups is 1. The normalized spacial score (nSPS) is 34.6. The monoisotopic (exact) mass is 377 g/mol. The average molecular weight is 378 g/mol. The third-order valence-corrected chi connectivity index (χ3v) is 6.85. The Morgan fingerprint density at radius 3 is 2.63 bits per heavy atom. The van der Waals surface area contributed by atoms with Gasteiger partial charge in [-0.25, -0.2) is 0 Å². The van der Waals surface area contributed by atoms with Crippen LogP contribution in [0.4, 0.5) is 0 Å². The quantitative estimate of drug-likeness (QED) is 0.574. The molecule has 27 heavy (non-hydrogen) atoms. The van der Waals surface area contributed by atoms with Crippen molar-refractivity contribution < 1.29 is 9.84 Å². The number of ether oxygens (including phenoxy) is 1. The number of methoxy groups -OCH3 is 1. The summed E-state index contributed by atoms with van der Waals surface area (Å²) in [7, 11) is 6.10. The fraction of sp³-hybridized carbons (Fsp3) is 0.833. The summed E-state index contributed by atoms with van der Waals surface area (Å²) in [4.78, 5) is 2.31. The van der Waals surface area contributed by atoms with E-state index < -0.39 is 5.60 Å². The molecule has 0 amide bonds. The van der Waals surface area contributed by atoms with Gasteiger partial charge in [-0.3, -0.25) is 0 Å². The number of rotatable bonds is 8. The van der Waals surface area contributed by atoms with Crippen LogP contribution in [0.2, 0.25) is 0 Å². The van der Waals surface area contributed by atoms with Crippen LogP contribution in [0.25, 0.3) is 0 Å². The number of hydrogen-bond donors (Lipinski definition) is 1. The minimum absolute atomic E-state index is 0.226. The largest absolute Gasteiger partial charge is 0.501 e. The van der Waals surface area contributed by atoms with E-state index in [1.807, 2.05) is 0 Å². The van der Waals surface area contributed by atoms with Crippen LogP contribution in [-0.2, 0) is 4.74 Å². The maximum absolute atomic E-state index is 12.5. The van der Waals surface area contributed by atoms with E-state index in [-0.39, 0.29) is 5.41 Å². The number of nitrogens with zero attached hydrogens (tertiary/aromatic N) is 1. The zero-order chi connectivity index (χ0) is 20.1. The van der Waals surface area contributed by atoms with Gasteiger partial charge in [-0.2, -0.15) is 0 Å². The zero-order valence-corrected chi connectivity index (χ0v) is 18.6. The molecule has 0 radical (unpaired) electrons. The van der Waals surface area contributed by atoms with Crippen molar-refractivity contribution in [3.05, 3.63) is 24.0 Å². The Kier molecular flexibility index (Phi) is 8.00. The highest BCUT2D eigenvalue weighted by molar-refractivity contribution is 5.26. The van der Waals surface area contributed by atoms with E-state index in [1.165, 1.54) is 12.8 Å². The predicted molar refractivity (Wildman–Crippen MR) is 115 cm³/mol. The summed E-state index contributed by atoms with van der Waals surface area (Å²) >= 11 is 0. The van der Waals surface area contributed by atoms with Crippen LogP contribution < -0.4 is 0 Å². The second kappa shape index (κ2) is 9.60. The molecular weight excluding hydrogens is 334 g/mol. The first-order valence-electron chi connectivity index (χ1n) is 11.1. The molecule has 0 bridgehead atoms. The molecule has 1 saturated carbocycles. The van der Waals surface area contributed by atoms with E-state index in [4.69, 9.17) is 4.74 Å². The van der Waals surface area contributed by atoms with Crippen LogP contribution >= 0.6 is 0 Å². The Balaban J connectivity index is 2.50. The van der Waals surface area contributed by atoms with Crippen molar-refractivity contribution >= 4 is 0 Å². The molecule has 156 valence electrons. The molecule has 3 heteroatoms. The van der Waals surface area contributed by atoms with Crippen LogP contribution in [0.1, 0.15) is 72.1 Å². The van der Waals surface area contributed by atoms with Crippen molar-refractivity contribution in [2.24, 2.45) is 23.2 Å². The highest BCUT2D eigenvalue weighted by atomic mass is 16.5. The van der Waals surface area contributed by atoms with E-state index >= 15 is 0 Å². The van der Waals surface area contributed by atoms with Gasteiger partial charge in [0.25, 0.3) is 0 Å². The smallest absolute Gasteiger partial charge is 0.0965 e. The van der Waals surface area contributed by atoms with Gasteiger partial charge in [0.2, 0.25) is 0 Å². The summed E-state index contributed by atoms with van der Waals surface area (Å²) < 4.78 is 5.67. The van der Waals surface area contributed by atoms with Crippen LogP contribution in [0, 0.1) is 23.2 Å². The van der Waals surface area contributed by atoms with Crippen LogP contribution in [0.15, 0.2) is 24.0 Å². The van der Waals surface area contributed by atoms with Gasteiger partial charge in [0.15, 0.2) is 0 Å². The molecule has 2 rings (SSSR count). The van der Waals surface area contributed by atoms with Gasteiger partial charge in [-0.05, 0) is 63.6 Å². The molecule has 4 atom stereocenters. The van der Waals surface area contributed by atoms with E-state index in [0.29, 0.717) is 17.8 Å². The van der Waals surface area contributed by atoms with Gasteiger partial charge in [0.1, 0.15) is 0 Å². The molecule has 2 aliphatic rings. The Bertz CT molecular complexity index is 524. The third-order valence-electron chi connectivity index (χ3n) is 6.85. The van der Waals surface area contributed by atoms with Gasteiger partial charge in [0, 0.05) is 18.4 Å². The molecule has 0 aromatic carbocycles. The SMILES string of the molecule is CCCC1[C@@H](CN(C)C)CCCC[C@]1(O)C1(CC(C)C)C=CC=C(OC)C1. The fourth-order valence-electron chi connectivity index (χ4n) is 5.92. The molecular formula is C24H43NO2. The van der Waals surface area contributed by atoms with E-state index in [2.05, 4.69) is 58.0 Å².